The second kappa shape index (κ2) is 6.52. The van der Waals surface area contributed by atoms with Crippen LogP contribution in [0.15, 0.2) is 18.2 Å². The third kappa shape index (κ3) is 3.67. The highest BCUT2D eigenvalue weighted by molar-refractivity contribution is 5.48. The highest BCUT2D eigenvalue weighted by Gasteiger charge is 2.19. The molecule has 0 bridgehead atoms. The van der Waals surface area contributed by atoms with Crippen molar-refractivity contribution in [1.82, 2.24) is 5.32 Å². The van der Waals surface area contributed by atoms with Crippen molar-refractivity contribution in [2.75, 3.05) is 13.7 Å². The van der Waals surface area contributed by atoms with E-state index in [2.05, 4.69) is 5.32 Å². The molecule has 1 aromatic carbocycles. The van der Waals surface area contributed by atoms with Gasteiger partial charge in [-0.05, 0) is 37.4 Å². The van der Waals surface area contributed by atoms with Crippen LogP contribution < -0.4 is 10.1 Å². The Labute approximate surface area is 113 Å². The van der Waals surface area contributed by atoms with Gasteiger partial charge in [-0.3, -0.25) is 10.1 Å². The summed E-state index contributed by atoms with van der Waals surface area (Å²) < 4.78 is 5.65. The molecule has 1 aliphatic carbocycles. The maximum atomic E-state index is 11.1. The normalized spacial score (nSPS) is 15.6. The fourth-order valence-electron chi connectivity index (χ4n) is 2.53. The van der Waals surface area contributed by atoms with Gasteiger partial charge in [0.05, 0.1) is 11.5 Å². The van der Waals surface area contributed by atoms with E-state index in [0.717, 1.165) is 5.56 Å². The van der Waals surface area contributed by atoms with E-state index in [1.165, 1.54) is 25.7 Å². The van der Waals surface area contributed by atoms with Crippen molar-refractivity contribution in [3.63, 3.8) is 0 Å². The Balaban J connectivity index is 2.07. The molecule has 0 aliphatic heterocycles. The highest BCUT2D eigenvalue weighted by atomic mass is 16.6. The van der Waals surface area contributed by atoms with Gasteiger partial charge in [0, 0.05) is 12.6 Å². The first-order valence-corrected chi connectivity index (χ1v) is 6.75. The second-order valence-corrected chi connectivity index (χ2v) is 5.05. The predicted molar refractivity (Wildman–Crippen MR) is 73.3 cm³/mol. The summed E-state index contributed by atoms with van der Waals surface area (Å²) >= 11 is 0. The number of ether oxygens (including phenoxy) is 1. The Morgan fingerprint density at radius 3 is 2.79 bits per heavy atom. The third-order valence-electron chi connectivity index (χ3n) is 3.55. The molecule has 0 amide bonds. The number of nitro groups is 1. The number of benzene rings is 1. The average molecular weight is 264 g/mol. The van der Waals surface area contributed by atoms with Gasteiger partial charge in [-0.15, -0.1) is 0 Å². The molecule has 2 rings (SSSR count). The minimum atomic E-state index is -0.372. The Hall–Kier alpha value is -1.62. The van der Waals surface area contributed by atoms with E-state index in [4.69, 9.17) is 4.74 Å². The van der Waals surface area contributed by atoms with Crippen LogP contribution in [-0.2, 0) is 6.54 Å². The maximum absolute atomic E-state index is 11.1. The van der Waals surface area contributed by atoms with Crippen molar-refractivity contribution in [1.29, 1.82) is 0 Å². The quantitative estimate of drug-likeness (QED) is 0.634. The molecule has 0 atom stereocenters. The smallest absolute Gasteiger partial charge is 0.311 e. The van der Waals surface area contributed by atoms with Gasteiger partial charge in [0.25, 0.3) is 0 Å². The van der Waals surface area contributed by atoms with E-state index in [1.807, 2.05) is 13.1 Å². The maximum Gasteiger partial charge on any atom is 0.311 e. The summed E-state index contributed by atoms with van der Waals surface area (Å²) in [5.41, 5.74) is 0.952. The van der Waals surface area contributed by atoms with Gasteiger partial charge < -0.3 is 10.1 Å². The van der Waals surface area contributed by atoms with E-state index in [9.17, 15) is 10.1 Å². The fraction of sp³-hybridized carbons (Fsp3) is 0.571. The monoisotopic (exact) mass is 264 g/mol. The minimum absolute atomic E-state index is 0.0609. The van der Waals surface area contributed by atoms with E-state index < -0.39 is 0 Å². The van der Waals surface area contributed by atoms with Gasteiger partial charge in [0.15, 0.2) is 5.75 Å². The summed E-state index contributed by atoms with van der Waals surface area (Å²) in [6.07, 6.45) is 4.84. The molecule has 1 saturated carbocycles. The van der Waals surface area contributed by atoms with Crippen LogP contribution in [0.4, 0.5) is 5.69 Å². The second-order valence-electron chi connectivity index (χ2n) is 5.05. The van der Waals surface area contributed by atoms with Gasteiger partial charge >= 0.3 is 5.69 Å². The zero-order valence-corrected chi connectivity index (χ0v) is 11.2. The van der Waals surface area contributed by atoms with Crippen LogP contribution in [0.25, 0.3) is 0 Å². The molecule has 1 N–H and O–H groups in total. The molecule has 1 aliphatic rings. The van der Waals surface area contributed by atoms with Crippen molar-refractivity contribution in [2.24, 2.45) is 5.92 Å². The molecule has 19 heavy (non-hydrogen) atoms. The van der Waals surface area contributed by atoms with Gasteiger partial charge in [0.1, 0.15) is 0 Å². The molecular weight excluding hydrogens is 244 g/mol. The summed E-state index contributed by atoms with van der Waals surface area (Å²) in [5, 5.41) is 14.1. The largest absolute Gasteiger partial charge is 0.487 e. The van der Waals surface area contributed by atoms with Gasteiger partial charge in [-0.2, -0.15) is 0 Å². The first-order valence-electron chi connectivity index (χ1n) is 6.75. The van der Waals surface area contributed by atoms with Crippen molar-refractivity contribution in [2.45, 2.75) is 32.2 Å². The zero-order chi connectivity index (χ0) is 13.7. The molecular formula is C14H20N2O3. The molecule has 5 nitrogen and oxygen atoms in total. The predicted octanol–water partition coefficient (Wildman–Crippen LogP) is 2.88. The molecule has 5 heteroatoms. The van der Waals surface area contributed by atoms with Crippen molar-refractivity contribution in [3.05, 3.63) is 33.9 Å². The molecule has 1 fully saturated rings. The average Bonchev–Trinajstić information content (AvgIpc) is 2.90. The Bertz CT molecular complexity index is 442. The molecule has 104 valence electrons. The fourth-order valence-corrected chi connectivity index (χ4v) is 2.53. The number of nitrogens with zero attached hydrogens (tertiary/aromatic N) is 1. The number of nitrogens with one attached hydrogen (secondary N) is 1. The molecule has 0 radical (unpaired) electrons. The number of nitro benzene ring substituents is 1. The van der Waals surface area contributed by atoms with Gasteiger partial charge in [-0.1, -0.05) is 18.9 Å². The summed E-state index contributed by atoms with van der Waals surface area (Å²) in [6.45, 7) is 1.20. The first kappa shape index (κ1) is 13.8. The Morgan fingerprint density at radius 1 is 1.42 bits per heavy atom. The Kier molecular flexibility index (Phi) is 4.74. The van der Waals surface area contributed by atoms with Crippen molar-refractivity contribution >= 4 is 5.69 Å². The molecule has 0 unspecified atom stereocenters. The molecule has 0 saturated heterocycles. The number of hydrogen-bond acceptors (Lipinski definition) is 4. The van der Waals surface area contributed by atoms with Gasteiger partial charge in [-0.25, -0.2) is 0 Å². The van der Waals surface area contributed by atoms with Crippen LogP contribution in [0.2, 0.25) is 0 Å². The third-order valence-corrected chi connectivity index (χ3v) is 3.55. The van der Waals surface area contributed by atoms with Crippen molar-refractivity contribution < 1.29 is 9.66 Å². The van der Waals surface area contributed by atoms with Crippen LogP contribution in [0, 0.1) is 16.0 Å². The summed E-state index contributed by atoms with van der Waals surface area (Å²) in [6, 6.07) is 5.16. The minimum Gasteiger partial charge on any atom is -0.487 e. The van der Waals surface area contributed by atoms with Crippen LogP contribution in [0.1, 0.15) is 31.2 Å². The molecule has 0 aromatic heterocycles. The van der Waals surface area contributed by atoms with Crippen LogP contribution in [0.3, 0.4) is 0 Å². The lowest BCUT2D eigenvalue weighted by Crippen LogP contribution is -2.10. The highest BCUT2D eigenvalue weighted by Crippen LogP contribution is 2.30. The van der Waals surface area contributed by atoms with Crippen LogP contribution in [-0.4, -0.2) is 18.6 Å². The van der Waals surface area contributed by atoms with Crippen molar-refractivity contribution in [3.8, 4) is 5.75 Å². The Morgan fingerprint density at radius 2 is 2.16 bits per heavy atom. The molecule has 1 aromatic rings. The van der Waals surface area contributed by atoms with Gasteiger partial charge in [0.2, 0.25) is 0 Å². The summed E-state index contributed by atoms with van der Waals surface area (Å²) in [4.78, 5) is 10.7. The lowest BCUT2D eigenvalue weighted by atomic mass is 10.1. The molecule has 0 spiro atoms. The van der Waals surface area contributed by atoms with E-state index in [1.54, 1.807) is 12.1 Å². The lowest BCUT2D eigenvalue weighted by Gasteiger charge is -2.12. The number of rotatable bonds is 6. The standard InChI is InChI=1S/C14H20N2O3/c1-15-9-12-6-7-14(13(8-12)16(17)18)19-10-11-4-2-3-5-11/h6-8,11,15H,2-5,9-10H2,1H3. The van der Waals surface area contributed by atoms with E-state index >= 15 is 0 Å². The lowest BCUT2D eigenvalue weighted by molar-refractivity contribution is -0.386. The first-order chi connectivity index (χ1) is 9.20. The summed E-state index contributed by atoms with van der Waals surface area (Å²) in [7, 11) is 1.82. The van der Waals surface area contributed by atoms with Crippen LogP contribution >= 0.6 is 0 Å². The topological polar surface area (TPSA) is 64.4 Å². The summed E-state index contributed by atoms with van der Waals surface area (Å²) in [5.74, 6) is 0.938. The van der Waals surface area contributed by atoms with E-state index in [0.29, 0.717) is 24.8 Å². The van der Waals surface area contributed by atoms with Crippen LogP contribution in [0.5, 0.6) is 5.75 Å². The SMILES string of the molecule is CNCc1ccc(OCC2CCCC2)c([N+](=O)[O-])c1. The molecule has 0 heterocycles. The number of hydrogen-bond donors (Lipinski definition) is 1. The zero-order valence-electron chi connectivity index (χ0n) is 11.2. The van der Waals surface area contributed by atoms with E-state index in [-0.39, 0.29) is 10.6 Å².